The molecule has 5 rings (SSSR count). The largest absolute Gasteiger partial charge is 0.367 e. The smallest absolute Gasteiger partial charge is 0.259 e. The Morgan fingerprint density at radius 1 is 1.09 bits per heavy atom. The van der Waals surface area contributed by atoms with Gasteiger partial charge in [-0.15, -0.1) is 0 Å². The van der Waals surface area contributed by atoms with Crippen LogP contribution in [-0.4, -0.2) is 66.1 Å². The average molecular weight is 441 g/mol. The normalized spacial score (nSPS) is 22.5. The number of nitrogens with zero attached hydrogens (tertiary/aromatic N) is 4. The number of anilines is 1. The summed E-state index contributed by atoms with van der Waals surface area (Å²) >= 11 is 0. The van der Waals surface area contributed by atoms with Gasteiger partial charge in [0.05, 0.1) is 11.2 Å². The number of carbonyl (C=O) groups excluding carboxylic acids is 1. The lowest BCUT2D eigenvalue weighted by atomic mass is 9.99. The van der Waals surface area contributed by atoms with Gasteiger partial charge in [-0.3, -0.25) is 9.59 Å². The van der Waals surface area contributed by atoms with Gasteiger partial charge in [-0.25, -0.2) is 4.39 Å². The first-order valence-electron chi connectivity index (χ1n) is 12.1. The predicted octanol–water partition coefficient (Wildman–Crippen LogP) is 3.49. The van der Waals surface area contributed by atoms with Gasteiger partial charge in [0.15, 0.2) is 0 Å². The van der Waals surface area contributed by atoms with Crippen molar-refractivity contribution in [3.63, 3.8) is 0 Å². The monoisotopic (exact) mass is 440 g/mol. The summed E-state index contributed by atoms with van der Waals surface area (Å²) in [5.74, 6) is -0.150. The number of halogens is 1. The molecule has 7 heteroatoms. The lowest BCUT2D eigenvalue weighted by Crippen LogP contribution is -2.46. The fraction of sp³-hybridized carbons (Fsp3) is 0.600. The van der Waals surface area contributed by atoms with Crippen molar-refractivity contribution in [1.82, 2.24) is 14.4 Å². The van der Waals surface area contributed by atoms with E-state index in [1.54, 1.807) is 11.1 Å². The van der Waals surface area contributed by atoms with Crippen LogP contribution >= 0.6 is 0 Å². The number of likely N-dealkylation sites (tertiary alicyclic amines) is 1. The minimum Gasteiger partial charge on any atom is -0.367 e. The molecule has 0 radical (unpaired) electrons. The highest BCUT2D eigenvalue weighted by atomic mass is 19.1. The SMILES string of the molecule is CCN1CCN(c2cc3c(cc2F)c(=O)c(C(=O)N2CCC[C@H](C)C2)cn3C2CC2)CC1. The van der Waals surface area contributed by atoms with E-state index in [1.807, 2.05) is 6.07 Å². The molecule has 2 aromatic rings. The van der Waals surface area contributed by atoms with Gasteiger partial charge in [-0.05, 0) is 50.3 Å². The maximum Gasteiger partial charge on any atom is 0.259 e. The van der Waals surface area contributed by atoms with E-state index in [-0.39, 0.29) is 28.8 Å². The van der Waals surface area contributed by atoms with Crippen molar-refractivity contribution in [3.05, 3.63) is 39.9 Å². The number of piperazine rings is 1. The molecule has 1 atom stereocenters. The van der Waals surface area contributed by atoms with Gasteiger partial charge < -0.3 is 19.3 Å². The molecule has 2 saturated heterocycles. The highest BCUT2D eigenvalue weighted by Gasteiger charge is 2.30. The van der Waals surface area contributed by atoms with Crippen LogP contribution in [0.1, 0.15) is 55.9 Å². The van der Waals surface area contributed by atoms with E-state index < -0.39 is 0 Å². The third kappa shape index (κ3) is 3.91. The standard InChI is InChI=1S/C25H33FN4O2/c1-3-27-9-11-28(12-10-27)23-14-22-19(13-21(23)26)24(31)20(16-30(22)18-6-7-18)25(32)29-8-4-5-17(2)15-29/h13-14,16-18H,3-12,15H2,1-2H3/t17-/m0/s1. The van der Waals surface area contributed by atoms with E-state index in [9.17, 15) is 9.59 Å². The zero-order chi connectivity index (χ0) is 22.4. The first-order chi connectivity index (χ1) is 15.5. The molecule has 1 aromatic carbocycles. The topological polar surface area (TPSA) is 48.8 Å². The summed E-state index contributed by atoms with van der Waals surface area (Å²) in [5, 5.41) is 0.321. The molecule has 0 bridgehead atoms. The maximum atomic E-state index is 15.3. The number of amides is 1. The number of rotatable bonds is 4. The number of hydrogen-bond acceptors (Lipinski definition) is 4. The van der Waals surface area contributed by atoms with E-state index in [0.717, 1.165) is 63.9 Å². The molecule has 3 aliphatic rings. The highest BCUT2D eigenvalue weighted by molar-refractivity contribution is 5.98. The summed E-state index contributed by atoms with van der Waals surface area (Å²) in [5.41, 5.74) is 1.14. The van der Waals surface area contributed by atoms with Crippen LogP contribution < -0.4 is 10.3 Å². The Bertz CT molecular complexity index is 1090. The van der Waals surface area contributed by atoms with Crippen LogP contribution in [0.3, 0.4) is 0 Å². The second-order valence-electron chi connectivity index (χ2n) is 9.75. The summed E-state index contributed by atoms with van der Waals surface area (Å²) in [6, 6.07) is 3.48. The Balaban J connectivity index is 1.55. The molecule has 3 heterocycles. The lowest BCUT2D eigenvalue weighted by molar-refractivity contribution is 0.0681. The van der Waals surface area contributed by atoms with Gasteiger partial charge >= 0.3 is 0 Å². The van der Waals surface area contributed by atoms with Crippen molar-refractivity contribution in [1.29, 1.82) is 0 Å². The Hall–Kier alpha value is -2.41. The van der Waals surface area contributed by atoms with Crippen molar-refractivity contribution in [2.75, 3.05) is 50.7 Å². The van der Waals surface area contributed by atoms with Crippen LogP contribution in [0.2, 0.25) is 0 Å². The van der Waals surface area contributed by atoms with Gasteiger partial charge in [0, 0.05) is 56.9 Å². The second kappa shape index (κ2) is 8.50. The number of hydrogen-bond donors (Lipinski definition) is 0. The fourth-order valence-corrected chi connectivity index (χ4v) is 5.26. The molecule has 1 amide bonds. The lowest BCUT2D eigenvalue weighted by Gasteiger charge is -2.35. The molecule has 1 saturated carbocycles. The first kappa shape index (κ1) is 21.4. The summed E-state index contributed by atoms with van der Waals surface area (Å²) in [7, 11) is 0. The van der Waals surface area contributed by atoms with Crippen LogP contribution in [0.15, 0.2) is 23.1 Å². The number of piperidine rings is 1. The Labute approximate surface area is 188 Å². The highest BCUT2D eigenvalue weighted by Crippen LogP contribution is 2.38. The van der Waals surface area contributed by atoms with Crippen LogP contribution in [0, 0.1) is 11.7 Å². The molecule has 0 spiro atoms. The predicted molar refractivity (Wildman–Crippen MR) is 125 cm³/mol. The number of fused-ring (bicyclic) bond motifs is 1. The summed E-state index contributed by atoms with van der Waals surface area (Å²) < 4.78 is 17.3. The van der Waals surface area contributed by atoms with Gasteiger partial charge in [0.2, 0.25) is 5.43 Å². The number of likely N-dealkylation sites (N-methyl/N-ethyl adjacent to an activating group) is 1. The minimum atomic E-state index is -0.377. The van der Waals surface area contributed by atoms with Crippen LogP contribution in [-0.2, 0) is 0 Å². The van der Waals surface area contributed by atoms with Crippen LogP contribution in [0.5, 0.6) is 0 Å². The van der Waals surface area contributed by atoms with Crippen LogP contribution in [0.4, 0.5) is 10.1 Å². The van der Waals surface area contributed by atoms with Gasteiger partial charge in [0.1, 0.15) is 11.4 Å². The third-order valence-corrected chi connectivity index (χ3v) is 7.38. The summed E-state index contributed by atoms with van der Waals surface area (Å²) in [4.78, 5) is 32.9. The average Bonchev–Trinajstić information content (AvgIpc) is 3.64. The molecular weight excluding hydrogens is 407 g/mol. The van der Waals surface area contributed by atoms with Crippen molar-refractivity contribution >= 4 is 22.5 Å². The molecule has 32 heavy (non-hydrogen) atoms. The summed E-state index contributed by atoms with van der Waals surface area (Å²) in [6.45, 7) is 10.0. The zero-order valence-electron chi connectivity index (χ0n) is 19.1. The fourth-order valence-electron chi connectivity index (χ4n) is 5.26. The van der Waals surface area contributed by atoms with Crippen molar-refractivity contribution in [2.45, 2.75) is 45.6 Å². The van der Waals surface area contributed by atoms with E-state index in [0.29, 0.717) is 30.1 Å². The first-order valence-corrected chi connectivity index (χ1v) is 12.1. The van der Waals surface area contributed by atoms with Gasteiger partial charge in [-0.1, -0.05) is 13.8 Å². The molecular formula is C25H33FN4O2. The van der Waals surface area contributed by atoms with Gasteiger partial charge in [-0.2, -0.15) is 0 Å². The molecule has 6 nitrogen and oxygen atoms in total. The molecule has 1 aromatic heterocycles. The summed E-state index contributed by atoms with van der Waals surface area (Å²) in [6.07, 6.45) is 5.86. The number of pyridine rings is 1. The Morgan fingerprint density at radius 2 is 1.84 bits per heavy atom. The minimum absolute atomic E-state index is 0.183. The molecule has 0 N–H and O–H groups in total. The van der Waals surface area contributed by atoms with E-state index in [2.05, 4.69) is 28.2 Å². The molecule has 2 aliphatic heterocycles. The van der Waals surface area contributed by atoms with E-state index in [1.165, 1.54) is 6.07 Å². The number of benzene rings is 1. The number of carbonyl (C=O) groups is 1. The van der Waals surface area contributed by atoms with Crippen molar-refractivity contribution in [2.24, 2.45) is 5.92 Å². The van der Waals surface area contributed by atoms with Crippen molar-refractivity contribution < 1.29 is 9.18 Å². The molecule has 3 fully saturated rings. The van der Waals surface area contributed by atoms with Crippen molar-refractivity contribution in [3.8, 4) is 0 Å². The Morgan fingerprint density at radius 3 is 2.50 bits per heavy atom. The third-order valence-electron chi connectivity index (χ3n) is 7.38. The Kier molecular flexibility index (Phi) is 5.70. The van der Waals surface area contributed by atoms with Crippen LogP contribution in [0.25, 0.3) is 10.9 Å². The molecule has 172 valence electrons. The quantitative estimate of drug-likeness (QED) is 0.730. The number of aromatic nitrogens is 1. The van der Waals surface area contributed by atoms with E-state index >= 15 is 4.39 Å². The zero-order valence-corrected chi connectivity index (χ0v) is 19.1. The van der Waals surface area contributed by atoms with Gasteiger partial charge in [0.25, 0.3) is 5.91 Å². The van der Waals surface area contributed by atoms with E-state index in [4.69, 9.17) is 0 Å². The maximum absolute atomic E-state index is 15.3. The second-order valence-corrected chi connectivity index (χ2v) is 9.75. The molecule has 1 aliphatic carbocycles. The molecule has 0 unspecified atom stereocenters.